The van der Waals surface area contributed by atoms with Crippen molar-refractivity contribution in [1.82, 2.24) is 5.32 Å². The van der Waals surface area contributed by atoms with E-state index in [0.717, 1.165) is 24.3 Å². The highest BCUT2D eigenvalue weighted by Gasteiger charge is 2.17. The second kappa shape index (κ2) is 10.1. The lowest BCUT2D eigenvalue weighted by molar-refractivity contribution is -0.120. The van der Waals surface area contributed by atoms with Gasteiger partial charge in [-0.2, -0.15) is 0 Å². The molecule has 5 heteroatoms. The highest BCUT2D eigenvalue weighted by atomic mass is 35.5. The van der Waals surface area contributed by atoms with Crippen molar-refractivity contribution in [2.75, 3.05) is 19.8 Å². The number of carbonyl (C=O) groups is 1. The van der Waals surface area contributed by atoms with E-state index in [-0.39, 0.29) is 11.2 Å². The molecule has 0 saturated carbocycles. The molecule has 0 heterocycles. The smallest absolute Gasteiger partial charge is 0.233 e. The third-order valence-corrected chi connectivity index (χ3v) is 4.35. The van der Waals surface area contributed by atoms with Crippen molar-refractivity contribution in [1.29, 1.82) is 0 Å². The average molecular weight is 316 g/mol. The zero-order chi connectivity index (χ0) is 14.8. The van der Waals surface area contributed by atoms with Crippen LogP contribution in [0, 0.1) is 0 Å². The van der Waals surface area contributed by atoms with Crippen molar-refractivity contribution in [3.8, 4) is 0 Å². The topological polar surface area (TPSA) is 38.3 Å². The molecule has 3 nitrogen and oxygen atoms in total. The van der Waals surface area contributed by atoms with Crippen molar-refractivity contribution in [3.63, 3.8) is 0 Å². The third kappa shape index (κ3) is 6.64. The molecule has 0 saturated heterocycles. The zero-order valence-corrected chi connectivity index (χ0v) is 13.6. The Labute approximate surface area is 130 Å². The minimum atomic E-state index is -0.0664. The van der Waals surface area contributed by atoms with Gasteiger partial charge in [0, 0.05) is 29.7 Å². The normalized spacial score (nSPS) is 12.2. The predicted molar refractivity (Wildman–Crippen MR) is 85.5 cm³/mol. The summed E-state index contributed by atoms with van der Waals surface area (Å²) >= 11 is 7.43. The first-order valence-electron chi connectivity index (χ1n) is 6.95. The van der Waals surface area contributed by atoms with Crippen molar-refractivity contribution < 1.29 is 9.53 Å². The van der Waals surface area contributed by atoms with E-state index in [1.54, 1.807) is 11.8 Å². The van der Waals surface area contributed by atoms with E-state index in [1.165, 1.54) is 0 Å². The van der Waals surface area contributed by atoms with Crippen LogP contribution in [-0.2, 0) is 9.53 Å². The summed E-state index contributed by atoms with van der Waals surface area (Å²) in [4.78, 5) is 13.1. The summed E-state index contributed by atoms with van der Waals surface area (Å²) in [5.74, 6) is 0.0870. The van der Waals surface area contributed by atoms with Crippen LogP contribution in [0.5, 0.6) is 0 Å². The minimum Gasteiger partial charge on any atom is -0.382 e. The molecule has 0 aliphatic rings. The predicted octanol–water partition coefficient (Wildman–Crippen LogP) is 3.75. The molecule has 0 aliphatic heterocycles. The van der Waals surface area contributed by atoms with Crippen molar-refractivity contribution in [2.45, 2.75) is 36.8 Å². The van der Waals surface area contributed by atoms with Gasteiger partial charge in [0.15, 0.2) is 0 Å². The third-order valence-electron chi connectivity index (χ3n) is 2.72. The minimum absolute atomic E-state index is 0.0664. The van der Waals surface area contributed by atoms with Crippen molar-refractivity contribution in [3.05, 3.63) is 29.3 Å². The van der Waals surface area contributed by atoms with Gasteiger partial charge in [-0.05, 0) is 44.0 Å². The lowest BCUT2D eigenvalue weighted by Crippen LogP contribution is -2.33. The quantitative estimate of drug-likeness (QED) is 0.557. The molecule has 0 bridgehead atoms. The molecule has 1 aromatic rings. The lowest BCUT2D eigenvalue weighted by atomic mass is 10.3. The maximum absolute atomic E-state index is 12.1. The standard InChI is InChI=1S/C15H22ClNO2S/c1-3-14(15(18)17-10-5-11-19-4-2)20-13-8-6-12(16)7-9-13/h6-9,14H,3-5,10-11H2,1-2H3,(H,17,18)/t14-/m0/s1. The number of halogens is 1. The number of carbonyl (C=O) groups excluding carboxylic acids is 1. The molecule has 1 N–H and O–H groups in total. The summed E-state index contributed by atoms with van der Waals surface area (Å²) in [5.41, 5.74) is 0. The van der Waals surface area contributed by atoms with Crippen LogP contribution in [0.1, 0.15) is 26.7 Å². The molecule has 0 aliphatic carbocycles. The Balaban J connectivity index is 2.37. The Bertz CT molecular complexity index is 397. The first-order valence-corrected chi connectivity index (χ1v) is 8.20. The molecule has 0 spiro atoms. The molecular weight excluding hydrogens is 294 g/mol. The van der Waals surface area contributed by atoms with Crippen LogP contribution < -0.4 is 5.32 Å². The number of amides is 1. The molecular formula is C15H22ClNO2S. The molecule has 0 aromatic heterocycles. The first-order chi connectivity index (χ1) is 9.67. The van der Waals surface area contributed by atoms with E-state index in [4.69, 9.17) is 16.3 Å². The average Bonchev–Trinajstić information content (AvgIpc) is 2.46. The Morgan fingerprint density at radius 1 is 1.35 bits per heavy atom. The summed E-state index contributed by atoms with van der Waals surface area (Å²) in [5, 5.41) is 3.60. The lowest BCUT2D eigenvalue weighted by Gasteiger charge is -2.14. The van der Waals surface area contributed by atoms with Gasteiger partial charge in [0.1, 0.15) is 0 Å². The van der Waals surface area contributed by atoms with Gasteiger partial charge in [0.2, 0.25) is 5.91 Å². The van der Waals surface area contributed by atoms with E-state index in [9.17, 15) is 4.79 Å². The van der Waals surface area contributed by atoms with Crippen LogP contribution in [0.15, 0.2) is 29.2 Å². The largest absolute Gasteiger partial charge is 0.382 e. The molecule has 1 rings (SSSR count). The number of rotatable bonds is 9. The van der Waals surface area contributed by atoms with Gasteiger partial charge in [-0.3, -0.25) is 4.79 Å². The maximum Gasteiger partial charge on any atom is 0.233 e. The van der Waals surface area contributed by atoms with Gasteiger partial charge in [0.25, 0.3) is 0 Å². The first kappa shape index (κ1) is 17.3. The molecule has 0 fully saturated rings. The fourth-order valence-corrected chi connectivity index (χ4v) is 2.75. The molecule has 1 amide bonds. The molecule has 112 valence electrons. The summed E-state index contributed by atoms with van der Waals surface area (Å²) in [6.07, 6.45) is 1.65. The molecule has 1 atom stereocenters. The molecule has 0 unspecified atom stereocenters. The summed E-state index contributed by atoms with van der Waals surface area (Å²) < 4.78 is 5.24. The van der Waals surface area contributed by atoms with Gasteiger partial charge < -0.3 is 10.1 Å². The van der Waals surface area contributed by atoms with E-state index in [2.05, 4.69) is 5.32 Å². The van der Waals surface area contributed by atoms with Crippen LogP contribution in [0.25, 0.3) is 0 Å². The fraction of sp³-hybridized carbons (Fsp3) is 0.533. The Morgan fingerprint density at radius 2 is 2.05 bits per heavy atom. The molecule has 1 aromatic carbocycles. The number of nitrogens with one attached hydrogen (secondary N) is 1. The van der Waals surface area contributed by atoms with E-state index < -0.39 is 0 Å². The van der Waals surface area contributed by atoms with Crippen LogP contribution in [0.3, 0.4) is 0 Å². The number of hydrogen-bond acceptors (Lipinski definition) is 3. The second-order valence-corrected chi connectivity index (χ2v) is 6.02. The number of thioether (sulfide) groups is 1. The Kier molecular flexibility index (Phi) is 8.74. The SMILES string of the molecule is CCOCCCNC(=O)[C@H](CC)Sc1ccc(Cl)cc1. The van der Waals surface area contributed by atoms with Crippen LogP contribution in [0.2, 0.25) is 5.02 Å². The highest BCUT2D eigenvalue weighted by molar-refractivity contribution is 8.00. The van der Waals surface area contributed by atoms with Gasteiger partial charge in [-0.15, -0.1) is 11.8 Å². The Hall–Kier alpha value is -0.710. The van der Waals surface area contributed by atoms with Crippen LogP contribution >= 0.6 is 23.4 Å². The van der Waals surface area contributed by atoms with Crippen LogP contribution in [0.4, 0.5) is 0 Å². The van der Waals surface area contributed by atoms with E-state index in [0.29, 0.717) is 18.2 Å². The summed E-state index contributed by atoms with van der Waals surface area (Å²) in [6, 6.07) is 7.57. The van der Waals surface area contributed by atoms with E-state index >= 15 is 0 Å². The van der Waals surface area contributed by atoms with Gasteiger partial charge in [-0.1, -0.05) is 18.5 Å². The fourth-order valence-electron chi connectivity index (χ4n) is 1.64. The summed E-state index contributed by atoms with van der Waals surface area (Å²) in [7, 11) is 0. The zero-order valence-electron chi connectivity index (χ0n) is 12.0. The molecule has 20 heavy (non-hydrogen) atoms. The monoisotopic (exact) mass is 315 g/mol. The van der Waals surface area contributed by atoms with E-state index in [1.807, 2.05) is 38.1 Å². The van der Waals surface area contributed by atoms with Crippen LogP contribution in [-0.4, -0.2) is 30.9 Å². The highest BCUT2D eigenvalue weighted by Crippen LogP contribution is 2.26. The number of ether oxygens (including phenoxy) is 1. The summed E-state index contributed by atoms with van der Waals surface area (Å²) in [6.45, 7) is 6.06. The Morgan fingerprint density at radius 3 is 2.65 bits per heavy atom. The van der Waals surface area contributed by atoms with Gasteiger partial charge in [0.05, 0.1) is 5.25 Å². The van der Waals surface area contributed by atoms with Crippen molar-refractivity contribution in [2.24, 2.45) is 0 Å². The van der Waals surface area contributed by atoms with Gasteiger partial charge >= 0.3 is 0 Å². The van der Waals surface area contributed by atoms with Gasteiger partial charge in [-0.25, -0.2) is 0 Å². The second-order valence-electron chi connectivity index (χ2n) is 4.31. The number of hydrogen-bond donors (Lipinski definition) is 1. The maximum atomic E-state index is 12.1. The molecule has 0 radical (unpaired) electrons. The number of benzene rings is 1. The van der Waals surface area contributed by atoms with Crippen molar-refractivity contribution >= 4 is 29.3 Å².